The van der Waals surface area contributed by atoms with E-state index in [1.165, 1.54) is 25.7 Å². The lowest BCUT2D eigenvalue weighted by atomic mass is 9.83. The second-order valence-electron chi connectivity index (χ2n) is 6.76. The van der Waals surface area contributed by atoms with Gasteiger partial charge in [0.05, 0.1) is 12.8 Å². The molecule has 1 fully saturated rings. The molecule has 2 rings (SSSR count). The van der Waals surface area contributed by atoms with E-state index in [1.807, 2.05) is 13.8 Å². The Balaban J connectivity index is 1.90. The number of rotatable bonds is 10. The topological polar surface area (TPSA) is 79.0 Å². The Bertz CT molecular complexity index is 496. The molecule has 0 aromatic carbocycles. The highest BCUT2D eigenvalue weighted by atomic mass is 16.5. The molecular formula is C19H33N3O3. The van der Waals surface area contributed by atoms with Crippen LogP contribution in [0, 0.1) is 5.41 Å². The van der Waals surface area contributed by atoms with Crippen LogP contribution in [-0.2, 0) is 4.74 Å². The summed E-state index contributed by atoms with van der Waals surface area (Å²) in [5, 5.41) is 16.6. The molecule has 0 saturated heterocycles. The number of furan rings is 1. The van der Waals surface area contributed by atoms with Crippen molar-refractivity contribution in [2.45, 2.75) is 52.1 Å². The molecular weight excluding hydrogens is 318 g/mol. The average molecular weight is 351 g/mol. The number of nitrogens with one attached hydrogen (secondary N) is 2. The van der Waals surface area contributed by atoms with Crippen LogP contribution in [0.5, 0.6) is 0 Å². The number of hydrogen-bond acceptors (Lipinski definition) is 4. The minimum Gasteiger partial charge on any atom is -0.467 e. The Hall–Kier alpha value is -1.53. The standard InChI is InChI=1S/C19H33N3O3/c1-3-20-18(21-14-16(23)17-8-7-12-25-17)22-15-19(9-5-6-10-19)11-13-24-4-2/h7-8,12,16,23H,3-6,9-11,13-15H2,1-2H3,(H2,20,21,22). The summed E-state index contributed by atoms with van der Waals surface area (Å²) in [5.74, 6) is 1.31. The van der Waals surface area contributed by atoms with Gasteiger partial charge in [-0.15, -0.1) is 0 Å². The van der Waals surface area contributed by atoms with E-state index in [4.69, 9.17) is 14.1 Å². The maximum Gasteiger partial charge on any atom is 0.191 e. The number of ether oxygens (including phenoxy) is 1. The molecule has 142 valence electrons. The first kappa shape index (κ1) is 19.8. The molecule has 3 N–H and O–H groups in total. The molecule has 1 unspecified atom stereocenters. The lowest BCUT2D eigenvalue weighted by Crippen LogP contribution is -2.40. The van der Waals surface area contributed by atoms with Crippen molar-refractivity contribution in [1.29, 1.82) is 0 Å². The van der Waals surface area contributed by atoms with Crippen LogP contribution >= 0.6 is 0 Å². The highest BCUT2D eigenvalue weighted by molar-refractivity contribution is 5.79. The Morgan fingerprint density at radius 1 is 1.36 bits per heavy atom. The minimum absolute atomic E-state index is 0.261. The third kappa shape index (κ3) is 6.36. The van der Waals surface area contributed by atoms with Gasteiger partial charge in [-0.05, 0) is 50.7 Å². The predicted octanol–water partition coefficient (Wildman–Crippen LogP) is 2.86. The van der Waals surface area contributed by atoms with Crippen LogP contribution in [0.1, 0.15) is 57.8 Å². The van der Waals surface area contributed by atoms with Gasteiger partial charge in [0.15, 0.2) is 5.96 Å². The van der Waals surface area contributed by atoms with Crippen molar-refractivity contribution >= 4 is 5.96 Å². The van der Waals surface area contributed by atoms with E-state index in [0.29, 0.717) is 12.3 Å². The molecule has 0 bridgehead atoms. The fraction of sp³-hybridized carbons (Fsp3) is 0.737. The molecule has 1 aliphatic rings. The fourth-order valence-corrected chi connectivity index (χ4v) is 3.41. The molecule has 1 aliphatic carbocycles. The summed E-state index contributed by atoms with van der Waals surface area (Å²) in [6.45, 7) is 7.62. The molecule has 0 aliphatic heterocycles. The Morgan fingerprint density at radius 2 is 2.16 bits per heavy atom. The van der Waals surface area contributed by atoms with E-state index in [0.717, 1.165) is 38.7 Å². The van der Waals surface area contributed by atoms with Gasteiger partial charge in [0, 0.05) is 26.3 Å². The SMILES string of the molecule is CCNC(=NCC1(CCOCC)CCCC1)NCC(O)c1ccco1. The van der Waals surface area contributed by atoms with Gasteiger partial charge in [0.1, 0.15) is 11.9 Å². The van der Waals surface area contributed by atoms with Gasteiger partial charge in [-0.1, -0.05) is 12.8 Å². The number of aliphatic imine (C=N–C) groups is 1. The Kier molecular flexibility index (Phi) is 8.28. The van der Waals surface area contributed by atoms with Gasteiger partial charge < -0.3 is 24.9 Å². The molecule has 0 radical (unpaired) electrons. The first-order valence-corrected chi connectivity index (χ1v) is 9.50. The first-order valence-electron chi connectivity index (χ1n) is 9.50. The van der Waals surface area contributed by atoms with E-state index in [-0.39, 0.29) is 5.41 Å². The van der Waals surface area contributed by atoms with Gasteiger partial charge in [0.2, 0.25) is 0 Å². The minimum atomic E-state index is -0.683. The molecule has 1 atom stereocenters. The maximum atomic E-state index is 10.1. The van der Waals surface area contributed by atoms with E-state index in [1.54, 1.807) is 18.4 Å². The van der Waals surface area contributed by atoms with Crippen molar-refractivity contribution in [2.75, 3.05) is 32.8 Å². The Morgan fingerprint density at radius 3 is 2.80 bits per heavy atom. The van der Waals surface area contributed by atoms with Crippen molar-refractivity contribution in [3.05, 3.63) is 24.2 Å². The van der Waals surface area contributed by atoms with Crippen LogP contribution < -0.4 is 10.6 Å². The molecule has 1 aromatic rings. The lowest BCUT2D eigenvalue weighted by Gasteiger charge is -2.27. The zero-order chi connectivity index (χ0) is 18.0. The highest BCUT2D eigenvalue weighted by Crippen LogP contribution is 2.41. The van der Waals surface area contributed by atoms with Crippen molar-refractivity contribution in [3.63, 3.8) is 0 Å². The van der Waals surface area contributed by atoms with Crippen LogP contribution in [0.3, 0.4) is 0 Å². The summed E-state index contributed by atoms with van der Waals surface area (Å²) >= 11 is 0. The molecule has 6 heteroatoms. The summed E-state index contributed by atoms with van der Waals surface area (Å²) in [5.41, 5.74) is 0.261. The zero-order valence-corrected chi connectivity index (χ0v) is 15.6. The van der Waals surface area contributed by atoms with E-state index in [2.05, 4.69) is 10.6 Å². The van der Waals surface area contributed by atoms with Crippen molar-refractivity contribution in [1.82, 2.24) is 10.6 Å². The van der Waals surface area contributed by atoms with Gasteiger partial charge in [-0.25, -0.2) is 0 Å². The third-order valence-electron chi connectivity index (χ3n) is 4.90. The molecule has 1 saturated carbocycles. The largest absolute Gasteiger partial charge is 0.467 e. The normalized spacial score (nSPS) is 18.3. The summed E-state index contributed by atoms with van der Waals surface area (Å²) < 4.78 is 10.8. The molecule has 6 nitrogen and oxygen atoms in total. The van der Waals surface area contributed by atoms with Crippen molar-refractivity contribution in [2.24, 2.45) is 10.4 Å². The van der Waals surface area contributed by atoms with Crippen LogP contribution in [0.2, 0.25) is 0 Å². The molecule has 25 heavy (non-hydrogen) atoms. The van der Waals surface area contributed by atoms with Gasteiger partial charge in [-0.2, -0.15) is 0 Å². The van der Waals surface area contributed by atoms with Crippen LogP contribution in [0.4, 0.5) is 0 Å². The second kappa shape index (κ2) is 10.5. The number of guanidine groups is 1. The molecule has 0 spiro atoms. The summed E-state index contributed by atoms with van der Waals surface area (Å²) in [6, 6.07) is 3.55. The van der Waals surface area contributed by atoms with Crippen LogP contribution in [-0.4, -0.2) is 43.9 Å². The average Bonchev–Trinajstić information content (AvgIpc) is 3.30. The van der Waals surface area contributed by atoms with E-state index < -0.39 is 6.10 Å². The summed E-state index contributed by atoms with van der Waals surface area (Å²) in [7, 11) is 0. The maximum absolute atomic E-state index is 10.1. The van der Waals surface area contributed by atoms with Gasteiger partial charge in [-0.3, -0.25) is 4.99 Å². The zero-order valence-electron chi connectivity index (χ0n) is 15.6. The third-order valence-corrected chi connectivity index (χ3v) is 4.90. The number of aliphatic hydroxyl groups is 1. The molecule has 0 amide bonds. The lowest BCUT2D eigenvalue weighted by molar-refractivity contribution is 0.107. The molecule has 1 aromatic heterocycles. The van der Waals surface area contributed by atoms with Gasteiger partial charge >= 0.3 is 0 Å². The summed E-state index contributed by atoms with van der Waals surface area (Å²) in [6.07, 6.45) is 6.96. The summed E-state index contributed by atoms with van der Waals surface area (Å²) in [4.78, 5) is 4.80. The number of nitrogens with zero attached hydrogens (tertiary/aromatic N) is 1. The van der Waals surface area contributed by atoms with E-state index >= 15 is 0 Å². The van der Waals surface area contributed by atoms with Crippen molar-refractivity contribution < 1.29 is 14.3 Å². The smallest absolute Gasteiger partial charge is 0.191 e. The monoisotopic (exact) mass is 351 g/mol. The van der Waals surface area contributed by atoms with Gasteiger partial charge in [0.25, 0.3) is 0 Å². The highest BCUT2D eigenvalue weighted by Gasteiger charge is 2.33. The van der Waals surface area contributed by atoms with Crippen LogP contribution in [0.25, 0.3) is 0 Å². The van der Waals surface area contributed by atoms with Crippen molar-refractivity contribution in [3.8, 4) is 0 Å². The quantitative estimate of drug-likeness (QED) is 0.343. The first-order chi connectivity index (χ1) is 12.2. The fourth-order valence-electron chi connectivity index (χ4n) is 3.41. The number of aliphatic hydroxyl groups excluding tert-OH is 1. The van der Waals surface area contributed by atoms with E-state index in [9.17, 15) is 5.11 Å². The van der Waals surface area contributed by atoms with Crippen LogP contribution in [0.15, 0.2) is 27.8 Å². The number of hydrogen-bond donors (Lipinski definition) is 3. The Labute approximate surface area is 151 Å². The predicted molar refractivity (Wildman–Crippen MR) is 99.7 cm³/mol. The second-order valence-corrected chi connectivity index (χ2v) is 6.76. The molecule has 1 heterocycles.